The number of hydrogen-bond acceptors (Lipinski definition) is 5. The highest BCUT2D eigenvalue weighted by Crippen LogP contribution is 2.28. The van der Waals surface area contributed by atoms with Gasteiger partial charge < -0.3 is 15.4 Å². The minimum atomic E-state index is -0.919. The van der Waals surface area contributed by atoms with Gasteiger partial charge in [-0.15, -0.1) is 0 Å². The van der Waals surface area contributed by atoms with Crippen molar-refractivity contribution in [1.29, 1.82) is 0 Å². The molecule has 0 aliphatic carbocycles. The van der Waals surface area contributed by atoms with Crippen LogP contribution in [0.4, 0.5) is 11.4 Å². The van der Waals surface area contributed by atoms with E-state index >= 15 is 0 Å². The summed E-state index contributed by atoms with van der Waals surface area (Å²) in [6.45, 7) is 4.72. The second-order valence-electron chi connectivity index (χ2n) is 7.72. The van der Waals surface area contributed by atoms with Crippen LogP contribution in [0.5, 0.6) is 0 Å². The fourth-order valence-corrected chi connectivity index (χ4v) is 3.26. The first-order valence-electron chi connectivity index (χ1n) is 9.99. The van der Waals surface area contributed by atoms with Crippen LogP contribution in [-0.4, -0.2) is 42.9 Å². The second-order valence-corrected chi connectivity index (χ2v) is 7.72. The summed E-state index contributed by atoms with van der Waals surface area (Å²) in [5, 5.41) is 5.38. The van der Waals surface area contributed by atoms with E-state index < -0.39 is 30.4 Å². The van der Waals surface area contributed by atoms with Gasteiger partial charge in [0.15, 0.2) is 6.61 Å². The topological polar surface area (TPSA) is 105 Å². The number of esters is 1. The predicted octanol–water partition coefficient (Wildman–Crippen LogP) is 2.28. The maximum Gasteiger partial charge on any atom is 0.329 e. The third kappa shape index (κ3) is 5.28. The van der Waals surface area contributed by atoms with Crippen molar-refractivity contribution in [1.82, 2.24) is 5.32 Å². The number of nitrogens with one attached hydrogen (secondary N) is 2. The van der Waals surface area contributed by atoms with Gasteiger partial charge in [-0.25, -0.2) is 4.79 Å². The van der Waals surface area contributed by atoms with Gasteiger partial charge in [-0.3, -0.25) is 19.3 Å². The number of carbonyl (C=O) groups is 4. The van der Waals surface area contributed by atoms with E-state index in [4.69, 9.17) is 4.74 Å². The zero-order valence-corrected chi connectivity index (χ0v) is 17.7. The molecule has 31 heavy (non-hydrogen) atoms. The van der Waals surface area contributed by atoms with Gasteiger partial charge in [0.2, 0.25) is 5.91 Å². The molecule has 1 atom stereocenters. The molecule has 2 N–H and O–H groups in total. The van der Waals surface area contributed by atoms with E-state index in [1.165, 1.54) is 4.90 Å². The normalized spacial score (nSPS) is 13.8. The monoisotopic (exact) mass is 423 g/mol. The highest BCUT2D eigenvalue weighted by molar-refractivity contribution is 6.10. The highest BCUT2D eigenvalue weighted by atomic mass is 16.5. The van der Waals surface area contributed by atoms with Gasteiger partial charge in [0.1, 0.15) is 12.6 Å². The summed E-state index contributed by atoms with van der Waals surface area (Å²) in [7, 11) is 0. The molecule has 0 fully saturated rings. The van der Waals surface area contributed by atoms with Crippen LogP contribution in [0.3, 0.4) is 0 Å². The number of carbonyl (C=O) groups excluding carboxylic acids is 4. The number of fused-ring (bicyclic) bond motifs is 1. The van der Waals surface area contributed by atoms with E-state index in [9.17, 15) is 19.2 Å². The van der Waals surface area contributed by atoms with Crippen molar-refractivity contribution in [3.63, 3.8) is 0 Å². The van der Waals surface area contributed by atoms with Gasteiger partial charge in [0.05, 0.1) is 11.4 Å². The number of rotatable bonds is 6. The van der Waals surface area contributed by atoms with E-state index in [0.717, 1.165) is 5.56 Å². The Balaban J connectivity index is 1.64. The molecular weight excluding hydrogens is 398 g/mol. The fraction of sp³-hybridized carbons (Fsp3) is 0.304. The zero-order valence-electron chi connectivity index (χ0n) is 17.7. The summed E-state index contributed by atoms with van der Waals surface area (Å²) in [5.74, 6) is -2.21. The SMILES string of the molecule is Cc1cccc(C(=O)N[C@H](C(=O)OCC(=O)N2CC(=O)Nc3ccccc32)C(C)C)c1. The molecule has 0 bridgehead atoms. The Morgan fingerprint density at radius 3 is 2.58 bits per heavy atom. The molecule has 1 heterocycles. The number of aryl methyl sites for hydroxylation is 1. The molecule has 2 aromatic carbocycles. The molecule has 0 saturated heterocycles. The average Bonchev–Trinajstić information content (AvgIpc) is 2.74. The number of benzene rings is 2. The van der Waals surface area contributed by atoms with Crippen molar-refractivity contribution in [3.05, 3.63) is 59.7 Å². The fourth-order valence-electron chi connectivity index (χ4n) is 3.26. The lowest BCUT2D eigenvalue weighted by molar-refractivity contribution is -0.150. The van der Waals surface area contributed by atoms with E-state index in [1.807, 2.05) is 13.0 Å². The van der Waals surface area contributed by atoms with E-state index in [0.29, 0.717) is 16.9 Å². The summed E-state index contributed by atoms with van der Waals surface area (Å²) in [5.41, 5.74) is 2.42. The lowest BCUT2D eigenvalue weighted by Gasteiger charge is -2.29. The number of para-hydroxylation sites is 2. The first kappa shape index (κ1) is 22.0. The van der Waals surface area contributed by atoms with Gasteiger partial charge in [-0.05, 0) is 37.1 Å². The standard InChI is InChI=1S/C23H25N3O5/c1-14(2)21(25-22(29)16-8-6-7-15(3)11-16)23(30)31-13-20(28)26-12-19(27)24-17-9-4-5-10-18(17)26/h4-11,14,21H,12-13H2,1-3H3,(H,24,27)(H,25,29)/t21-/m0/s1. The van der Waals surface area contributed by atoms with E-state index in [1.54, 1.807) is 56.3 Å². The second kappa shape index (κ2) is 9.42. The molecule has 0 saturated carbocycles. The van der Waals surface area contributed by atoms with Crippen LogP contribution in [0.15, 0.2) is 48.5 Å². The summed E-state index contributed by atoms with van der Waals surface area (Å²) in [6.07, 6.45) is 0. The Morgan fingerprint density at radius 2 is 1.87 bits per heavy atom. The molecule has 8 nitrogen and oxygen atoms in total. The molecule has 2 aromatic rings. The lowest BCUT2D eigenvalue weighted by atomic mass is 10.0. The number of ether oxygens (including phenoxy) is 1. The van der Waals surface area contributed by atoms with E-state index in [2.05, 4.69) is 10.6 Å². The third-order valence-corrected chi connectivity index (χ3v) is 4.90. The van der Waals surface area contributed by atoms with Crippen molar-refractivity contribution in [3.8, 4) is 0 Å². The van der Waals surface area contributed by atoms with Gasteiger partial charge in [0, 0.05) is 5.56 Å². The van der Waals surface area contributed by atoms with Crippen LogP contribution in [0, 0.1) is 12.8 Å². The molecule has 0 aromatic heterocycles. The Bertz CT molecular complexity index is 1020. The largest absolute Gasteiger partial charge is 0.454 e. The molecule has 3 rings (SSSR count). The minimum Gasteiger partial charge on any atom is -0.454 e. The highest BCUT2D eigenvalue weighted by Gasteiger charge is 2.30. The van der Waals surface area contributed by atoms with Gasteiger partial charge in [-0.2, -0.15) is 0 Å². The molecule has 8 heteroatoms. The molecular formula is C23H25N3O5. The van der Waals surface area contributed by atoms with Crippen LogP contribution >= 0.6 is 0 Å². The molecule has 3 amide bonds. The maximum absolute atomic E-state index is 12.7. The molecule has 1 aliphatic rings. The first-order chi connectivity index (χ1) is 14.8. The smallest absolute Gasteiger partial charge is 0.329 e. The number of hydrogen-bond donors (Lipinski definition) is 2. The average molecular weight is 423 g/mol. The Hall–Kier alpha value is -3.68. The number of anilines is 2. The van der Waals surface area contributed by atoms with E-state index in [-0.39, 0.29) is 18.4 Å². The van der Waals surface area contributed by atoms with Crippen molar-refractivity contribution in [2.45, 2.75) is 26.8 Å². The summed E-state index contributed by atoms with van der Waals surface area (Å²) < 4.78 is 5.21. The van der Waals surface area contributed by atoms with Crippen LogP contribution in [-0.2, 0) is 19.1 Å². The number of nitrogens with zero attached hydrogens (tertiary/aromatic N) is 1. The molecule has 0 unspecified atom stereocenters. The molecule has 1 aliphatic heterocycles. The van der Waals surface area contributed by atoms with Crippen LogP contribution in [0.2, 0.25) is 0 Å². The van der Waals surface area contributed by atoms with Gasteiger partial charge in [0.25, 0.3) is 11.8 Å². The van der Waals surface area contributed by atoms with Crippen molar-refractivity contribution in [2.24, 2.45) is 5.92 Å². The summed E-state index contributed by atoms with van der Waals surface area (Å²) in [6, 6.07) is 13.0. The minimum absolute atomic E-state index is 0.162. The third-order valence-electron chi connectivity index (χ3n) is 4.90. The Morgan fingerprint density at radius 1 is 1.13 bits per heavy atom. The molecule has 0 spiro atoms. The zero-order chi connectivity index (χ0) is 22.5. The van der Waals surface area contributed by atoms with Crippen molar-refractivity contribution in [2.75, 3.05) is 23.4 Å². The first-order valence-corrected chi connectivity index (χ1v) is 9.99. The number of amides is 3. The van der Waals surface area contributed by atoms with Crippen LogP contribution in [0.25, 0.3) is 0 Å². The molecule has 0 radical (unpaired) electrons. The maximum atomic E-state index is 12.7. The Labute approximate surface area is 180 Å². The Kier molecular flexibility index (Phi) is 6.69. The van der Waals surface area contributed by atoms with Crippen molar-refractivity contribution < 1.29 is 23.9 Å². The van der Waals surface area contributed by atoms with Crippen LogP contribution < -0.4 is 15.5 Å². The summed E-state index contributed by atoms with van der Waals surface area (Å²) in [4.78, 5) is 51.0. The predicted molar refractivity (Wildman–Crippen MR) is 116 cm³/mol. The quantitative estimate of drug-likeness (QED) is 0.694. The molecule has 162 valence electrons. The summed E-state index contributed by atoms with van der Waals surface area (Å²) >= 11 is 0. The van der Waals surface area contributed by atoms with Crippen molar-refractivity contribution >= 4 is 35.1 Å². The lowest BCUT2D eigenvalue weighted by Crippen LogP contribution is -2.47. The van der Waals surface area contributed by atoms with Crippen LogP contribution in [0.1, 0.15) is 29.8 Å². The van der Waals surface area contributed by atoms with Gasteiger partial charge in [-0.1, -0.05) is 43.7 Å². The van der Waals surface area contributed by atoms with Gasteiger partial charge >= 0.3 is 5.97 Å².